The van der Waals surface area contributed by atoms with Gasteiger partial charge in [-0.05, 0) is 37.0 Å². The third kappa shape index (κ3) is 2.83. The van der Waals surface area contributed by atoms with Crippen molar-refractivity contribution in [2.24, 2.45) is 0 Å². The van der Waals surface area contributed by atoms with Crippen LogP contribution in [0.2, 0.25) is 0 Å². The molecule has 2 unspecified atom stereocenters. The van der Waals surface area contributed by atoms with Crippen molar-refractivity contribution in [1.82, 2.24) is 14.8 Å². The summed E-state index contributed by atoms with van der Waals surface area (Å²) in [6.45, 7) is 2.28. The Morgan fingerprint density at radius 2 is 1.81 bits per heavy atom. The molecule has 5 nitrogen and oxygen atoms in total. The highest BCUT2D eigenvalue weighted by Crippen LogP contribution is 2.43. The van der Waals surface area contributed by atoms with E-state index < -0.39 is 6.04 Å². The van der Waals surface area contributed by atoms with E-state index in [4.69, 9.17) is 0 Å². The number of aromatic amines is 1. The van der Waals surface area contributed by atoms with E-state index in [9.17, 15) is 9.59 Å². The highest BCUT2D eigenvalue weighted by Gasteiger charge is 2.49. The molecule has 1 saturated carbocycles. The molecule has 5 heteroatoms. The first kappa shape index (κ1) is 18.7. The van der Waals surface area contributed by atoms with Gasteiger partial charge in [0.2, 0.25) is 11.8 Å². The summed E-state index contributed by atoms with van der Waals surface area (Å²) in [5.74, 6) is 0.187. The molecule has 6 rings (SSSR count). The lowest BCUT2D eigenvalue weighted by molar-refractivity contribution is -0.160. The highest BCUT2D eigenvalue weighted by atomic mass is 16.2. The Hall–Kier alpha value is -3.08. The molecule has 0 bridgehead atoms. The summed E-state index contributed by atoms with van der Waals surface area (Å²) in [5.41, 5.74) is 5.52. The summed E-state index contributed by atoms with van der Waals surface area (Å²) in [6, 6.07) is 16.1. The molecule has 2 atom stereocenters. The number of para-hydroxylation sites is 1. The molecular formula is C26H27N3O2. The van der Waals surface area contributed by atoms with Crippen LogP contribution in [-0.4, -0.2) is 45.2 Å². The normalized spacial score (nSPS) is 24.0. The minimum Gasteiger partial charge on any atom is -0.356 e. The third-order valence-corrected chi connectivity index (χ3v) is 7.42. The number of aromatic nitrogens is 1. The first-order valence-electron chi connectivity index (χ1n) is 11.4. The van der Waals surface area contributed by atoms with E-state index >= 15 is 0 Å². The molecule has 0 radical (unpaired) electrons. The highest BCUT2D eigenvalue weighted by molar-refractivity contribution is 5.97. The number of hydrogen-bond donors (Lipinski definition) is 1. The molecular weight excluding hydrogens is 386 g/mol. The van der Waals surface area contributed by atoms with Gasteiger partial charge >= 0.3 is 0 Å². The average Bonchev–Trinajstić information content (AvgIpc) is 3.43. The maximum Gasteiger partial charge on any atom is 0.246 e. The molecule has 3 aromatic rings. The van der Waals surface area contributed by atoms with E-state index in [0.717, 1.165) is 53.4 Å². The molecule has 2 aromatic carbocycles. The van der Waals surface area contributed by atoms with Gasteiger partial charge in [-0.2, -0.15) is 0 Å². The van der Waals surface area contributed by atoms with Crippen molar-refractivity contribution in [3.63, 3.8) is 0 Å². The number of H-pyrrole nitrogens is 1. The van der Waals surface area contributed by atoms with Crippen molar-refractivity contribution in [3.05, 3.63) is 70.9 Å². The van der Waals surface area contributed by atoms with Gasteiger partial charge in [0, 0.05) is 29.1 Å². The van der Waals surface area contributed by atoms with Crippen molar-refractivity contribution in [1.29, 1.82) is 0 Å². The van der Waals surface area contributed by atoms with E-state index in [1.54, 1.807) is 0 Å². The SMILES string of the molecule is Cc1cccc(C2c3[nH]c4ccccc4c3CC3C(=O)N(C4CCCC4)CC(=O)N32)c1. The standard InChI is InChI=1S/C26H27N3O2/c1-16-7-6-8-17(13-16)25-24-20(19-11-4-5-12-21(19)27-24)14-22-26(31)28(15-23(30)29(22)25)18-9-2-3-10-18/h4-8,11-13,18,22,25,27H,2-3,9-10,14-15H2,1H3. The van der Waals surface area contributed by atoms with Crippen LogP contribution in [0.4, 0.5) is 0 Å². The number of rotatable bonds is 2. The minimum atomic E-state index is -0.431. The van der Waals surface area contributed by atoms with Crippen LogP contribution in [0.15, 0.2) is 48.5 Å². The number of carbonyl (C=O) groups is 2. The molecule has 1 N–H and O–H groups in total. The van der Waals surface area contributed by atoms with Crippen LogP contribution in [0.3, 0.4) is 0 Å². The van der Waals surface area contributed by atoms with Gasteiger partial charge in [0.25, 0.3) is 0 Å². The summed E-state index contributed by atoms with van der Waals surface area (Å²) in [6.07, 6.45) is 4.91. The van der Waals surface area contributed by atoms with Crippen molar-refractivity contribution < 1.29 is 9.59 Å². The molecule has 158 valence electrons. The second-order valence-corrected chi connectivity index (χ2v) is 9.30. The monoisotopic (exact) mass is 413 g/mol. The van der Waals surface area contributed by atoms with Crippen LogP contribution in [0.25, 0.3) is 10.9 Å². The maximum atomic E-state index is 13.7. The Morgan fingerprint density at radius 1 is 1.00 bits per heavy atom. The number of nitrogens with one attached hydrogen (secondary N) is 1. The van der Waals surface area contributed by atoms with E-state index in [1.807, 2.05) is 28.0 Å². The summed E-state index contributed by atoms with van der Waals surface area (Å²) in [4.78, 5) is 34.6. The van der Waals surface area contributed by atoms with E-state index in [2.05, 4.69) is 42.2 Å². The second-order valence-electron chi connectivity index (χ2n) is 9.30. The number of amides is 2. The van der Waals surface area contributed by atoms with Gasteiger partial charge in [-0.15, -0.1) is 0 Å². The smallest absolute Gasteiger partial charge is 0.246 e. The first-order chi connectivity index (χ1) is 15.1. The molecule has 31 heavy (non-hydrogen) atoms. The topological polar surface area (TPSA) is 56.4 Å². The summed E-state index contributed by atoms with van der Waals surface area (Å²) in [5, 5.41) is 1.16. The summed E-state index contributed by atoms with van der Waals surface area (Å²) in [7, 11) is 0. The Bertz CT molecular complexity index is 1190. The summed E-state index contributed by atoms with van der Waals surface area (Å²) >= 11 is 0. The van der Waals surface area contributed by atoms with Gasteiger partial charge < -0.3 is 14.8 Å². The van der Waals surface area contributed by atoms with E-state index in [0.29, 0.717) is 6.42 Å². The molecule has 0 spiro atoms. The zero-order chi connectivity index (χ0) is 21.1. The van der Waals surface area contributed by atoms with Crippen LogP contribution >= 0.6 is 0 Å². The van der Waals surface area contributed by atoms with Gasteiger partial charge in [-0.3, -0.25) is 9.59 Å². The number of carbonyl (C=O) groups excluding carboxylic acids is 2. The number of aryl methyl sites for hydroxylation is 1. The van der Waals surface area contributed by atoms with Crippen LogP contribution in [0.5, 0.6) is 0 Å². The molecule has 1 saturated heterocycles. The predicted octanol–water partition coefficient (Wildman–Crippen LogP) is 4.10. The Morgan fingerprint density at radius 3 is 2.61 bits per heavy atom. The Labute approximate surface area is 182 Å². The minimum absolute atomic E-state index is 0.0623. The molecule has 1 aliphatic carbocycles. The number of piperazine rings is 1. The van der Waals surface area contributed by atoms with E-state index in [1.165, 1.54) is 5.56 Å². The number of hydrogen-bond acceptors (Lipinski definition) is 2. The lowest BCUT2D eigenvalue weighted by atomic mass is 9.85. The molecule has 2 fully saturated rings. The first-order valence-corrected chi connectivity index (χ1v) is 11.4. The Kier molecular flexibility index (Phi) is 4.20. The number of fused-ring (bicyclic) bond motifs is 4. The van der Waals surface area contributed by atoms with Gasteiger partial charge in [0.05, 0.1) is 6.04 Å². The van der Waals surface area contributed by atoms with Crippen LogP contribution in [0.1, 0.15) is 54.1 Å². The predicted molar refractivity (Wildman–Crippen MR) is 120 cm³/mol. The number of nitrogens with zero attached hydrogens (tertiary/aromatic N) is 2. The van der Waals surface area contributed by atoms with Crippen LogP contribution < -0.4 is 0 Å². The molecule has 2 amide bonds. The molecule has 2 aliphatic heterocycles. The van der Waals surface area contributed by atoms with E-state index in [-0.39, 0.29) is 30.4 Å². The fourth-order valence-corrected chi connectivity index (χ4v) is 6.00. The zero-order valence-corrected chi connectivity index (χ0v) is 17.8. The lowest BCUT2D eigenvalue weighted by Crippen LogP contribution is -2.64. The van der Waals surface area contributed by atoms with Gasteiger partial charge in [0.1, 0.15) is 12.6 Å². The fourth-order valence-electron chi connectivity index (χ4n) is 6.00. The number of benzene rings is 2. The van der Waals surface area contributed by atoms with Crippen molar-refractivity contribution in [2.75, 3.05) is 6.54 Å². The van der Waals surface area contributed by atoms with Gasteiger partial charge in [-0.25, -0.2) is 0 Å². The molecule has 1 aromatic heterocycles. The summed E-state index contributed by atoms with van der Waals surface area (Å²) < 4.78 is 0. The maximum absolute atomic E-state index is 13.7. The van der Waals surface area contributed by atoms with Crippen molar-refractivity contribution >= 4 is 22.7 Å². The second kappa shape index (κ2) is 6.98. The molecule has 3 aliphatic rings. The molecule has 3 heterocycles. The quantitative estimate of drug-likeness (QED) is 0.688. The fraction of sp³-hybridized carbons (Fsp3) is 0.385. The third-order valence-electron chi connectivity index (χ3n) is 7.42. The zero-order valence-electron chi connectivity index (χ0n) is 17.8. The Balaban J connectivity index is 1.52. The van der Waals surface area contributed by atoms with Crippen molar-refractivity contribution in [3.8, 4) is 0 Å². The van der Waals surface area contributed by atoms with Crippen LogP contribution in [-0.2, 0) is 16.0 Å². The van der Waals surface area contributed by atoms with Gasteiger partial charge in [0.15, 0.2) is 0 Å². The lowest BCUT2D eigenvalue weighted by Gasteiger charge is -2.48. The van der Waals surface area contributed by atoms with Gasteiger partial charge in [-0.1, -0.05) is 60.9 Å². The van der Waals surface area contributed by atoms with Crippen molar-refractivity contribution in [2.45, 2.75) is 57.2 Å². The van der Waals surface area contributed by atoms with Crippen LogP contribution in [0, 0.1) is 6.92 Å². The largest absolute Gasteiger partial charge is 0.356 e. The average molecular weight is 414 g/mol.